The zero-order chi connectivity index (χ0) is 17.4. The van der Waals surface area contributed by atoms with Gasteiger partial charge >= 0.3 is 5.90 Å². The predicted molar refractivity (Wildman–Crippen MR) is 105 cm³/mol. The maximum Gasteiger partial charge on any atom is 0.359 e. The number of hydrogen-bond donors (Lipinski definition) is 0. The van der Waals surface area contributed by atoms with Crippen molar-refractivity contribution in [3.63, 3.8) is 0 Å². The third-order valence-electron chi connectivity index (χ3n) is 4.34. The molecular weight excluding hydrogens is 528 g/mol. The lowest BCUT2D eigenvalue weighted by atomic mass is 9.93. The molecule has 0 fully saturated rings. The summed E-state index contributed by atoms with van der Waals surface area (Å²) in [5.74, 6) is 0.183. The average Bonchev–Trinajstić information content (AvgIpc) is 3.07. The van der Waals surface area contributed by atoms with E-state index >= 15 is 0 Å². The Kier molecular flexibility index (Phi) is 6.10. The molecule has 134 valence electrons. The third-order valence-corrected chi connectivity index (χ3v) is 5.73. The highest BCUT2D eigenvalue weighted by molar-refractivity contribution is 9.10. The van der Waals surface area contributed by atoms with Crippen LogP contribution in [0, 0.1) is 5.92 Å². The highest BCUT2D eigenvalue weighted by atomic mass is 79.9. The molecule has 0 radical (unpaired) electrons. The van der Waals surface area contributed by atoms with E-state index in [0.717, 1.165) is 27.7 Å². The monoisotopic (exact) mass is 540 g/mol. The lowest BCUT2D eigenvalue weighted by Gasteiger charge is -2.15. The second-order valence-corrected chi connectivity index (χ2v) is 7.43. The van der Waals surface area contributed by atoms with Crippen molar-refractivity contribution in [3.8, 4) is 0 Å². The van der Waals surface area contributed by atoms with Gasteiger partial charge < -0.3 is 21.7 Å². The Balaban J connectivity index is 0.00000196. The average molecular weight is 543 g/mol. The summed E-state index contributed by atoms with van der Waals surface area (Å²) >= 11 is 6.97. The lowest BCUT2D eigenvalue weighted by molar-refractivity contribution is -0.435. The summed E-state index contributed by atoms with van der Waals surface area (Å²) in [5.41, 5.74) is 2.42. The van der Waals surface area contributed by atoms with Crippen molar-refractivity contribution in [2.45, 2.75) is 6.10 Å². The van der Waals surface area contributed by atoms with E-state index in [0.29, 0.717) is 11.5 Å². The van der Waals surface area contributed by atoms with Crippen LogP contribution in [-0.2, 0) is 4.74 Å². The zero-order valence-corrected chi connectivity index (χ0v) is 18.4. The molecule has 0 saturated heterocycles. The molecule has 2 aromatic carbocycles. The van der Waals surface area contributed by atoms with Gasteiger partial charge in [0.25, 0.3) is 0 Å². The lowest BCUT2D eigenvalue weighted by Crippen LogP contribution is -3.00. The molecule has 0 amide bonds. The van der Waals surface area contributed by atoms with Crippen LogP contribution in [0.5, 0.6) is 0 Å². The van der Waals surface area contributed by atoms with Crippen LogP contribution in [-0.4, -0.2) is 40.4 Å². The van der Waals surface area contributed by atoms with Gasteiger partial charge in [0.05, 0.1) is 11.3 Å². The van der Waals surface area contributed by atoms with Crippen LogP contribution in [0.1, 0.15) is 10.4 Å². The number of carbonyl (C=O) groups excluding carboxylic acids is 1. The summed E-state index contributed by atoms with van der Waals surface area (Å²) in [5, 5.41) is 0.720. The molecule has 2 unspecified atom stereocenters. The molecule has 0 N–H and O–H groups in total. The van der Waals surface area contributed by atoms with Crippen LogP contribution in [0.3, 0.4) is 0 Å². The van der Waals surface area contributed by atoms with E-state index in [4.69, 9.17) is 4.74 Å². The van der Waals surface area contributed by atoms with Crippen molar-refractivity contribution < 1.29 is 31.1 Å². The van der Waals surface area contributed by atoms with Gasteiger partial charge in [-0.3, -0.25) is 9.79 Å². The van der Waals surface area contributed by atoms with E-state index in [9.17, 15) is 4.79 Å². The number of nitrogens with zero attached hydrogens (tertiary/aromatic N) is 2. The SMILES string of the molecule is O=C1c2ccccc2[N+]2=C(OC(CBr)C2)C1C=Nc1ccccc1Br.[Br-]. The fourth-order valence-electron chi connectivity index (χ4n) is 3.14. The molecule has 7 heteroatoms. The molecule has 0 aromatic heterocycles. The molecule has 26 heavy (non-hydrogen) atoms. The van der Waals surface area contributed by atoms with Gasteiger partial charge in [0.2, 0.25) is 5.69 Å². The van der Waals surface area contributed by atoms with Crippen molar-refractivity contribution >= 4 is 61.1 Å². The number of ketones is 1. The first-order valence-electron chi connectivity index (χ1n) is 7.98. The fourth-order valence-corrected chi connectivity index (χ4v) is 3.87. The molecule has 0 saturated carbocycles. The van der Waals surface area contributed by atoms with Crippen LogP contribution in [0.4, 0.5) is 11.4 Å². The van der Waals surface area contributed by atoms with Crippen molar-refractivity contribution in [2.75, 3.05) is 11.9 Å². The smallest absolute Gasteiger partial charge is 0.359 e. The summed E-state index contributed by atoms with van der Waals surface area (Å²) < 4.78 is 9.03. The van der Waals surface area contributed by atoms with E-state index in [1.54, 1.807) is 6.21 Å². The summed E-state index contributed by atoms with van der Waals surface area (Å²) in [6.45, 7) is 0.726. The number of ether oxygens (including phenoxy) is 1. The van der Waals surface area contributed by atoms with Gasteiger partial charge in [0.15, 0.2) is 24.3 Å². The number of fused-ring (bicyclic) bond motifs is 2. The fraction of sp³-hybridized carbons (Fsp3) is 0.211. The molecule has 2 atom stereocenters. The van der Waals surface area contributed by atoms with Crippen molar-refractivity contribution in [1.29, 1.82) is 0 Å². The molecule has 2 aliphatic rings. The van der Waals surface area contributed by atoms with Gasteiger partial charge in [-0.25, -0.2) is 0 Å². The van der Waals surface area contributed by atoms with Crippen LogP contribution in [0.25, 0.3) is 0 Å². The molecule has 2 aromatic rings. The van der Waals surface area contributed by atoms with E-state index in [1.807, 2.05) is 48.5 Å². The standard InChI is InChI=1S/C19H15Br2N2O2.BrH/c20-9-12-11-23-17-8-4-1-5-13(17)18(24)14(19(23)25-12)10-22-16-7-3-2-6-15(16)21;/h1-8,10,12,14H,9,11H2;1H/q+1;/p-1. The number of Topliss-reactive ketones (excluding diaryl/α,β-unsaturated/α-hetero) is 1. The van der Waals surface area contributed by atoms with E-state index in [1.165, 1.54) is 0 Å². The number of benzene rings is 2. The predicted octanol–water partition coefficient (Wildman–Crippen LogP) is 1.50. The van der Waals surface area contributed by atoms with E-state index in [-0.39, 0.29) is 28.9 Å². The largest absolute Gasteiger partial charge is 1.00 e. The van der Waals surface area contributed by atoms with Crippen LogP contribution < -0.4 is 17.0 Å². The van der Waals surface area contributed by atoms with Gasteiger partial charge in [-0.2, -0.15) is 4.58 Å². The number of hydrogen-bond acceptors (Lipinski definition) is 3. The molecule has 0 aliphatic carbocycles. The Morgan fingerprint density at radius 3 is 2.69 bits per heavy atom. The summed E-state index contributed by atoms with van der Waals surface area (Å²) in [6, 6.07) is 15.4. The van der Waals surface area contributed by atoms with Gasteiger partial charge in [0.1, 0.15) is 0 Å². The first-order chi connectivity index (χ1) is 12.2. The second-order valence-electron chi connectivity index (χ2n) is 5.93. The number of halogens is 3. The number of alkyl halides is 1. The minimum Gasteiger partial charge on any atom is -1.00 e. The summed E-state index contributed by atoms with van der Waals surface area (Å²) in [7, 11) is 0. The molecule has 2 aliphatic heterocycles. The normalized spacial score (nSPS) is 21.2. The molecular formula is C19H15Br3N2O2. The van der Waals surface area contributed by atoms with Crippen LogP contribution in [0.2, 0.25) is 0 Å². The highest BCUT2D eigenvalue weighted by Crippen LogP contribution is 2.33. The van der Waals surface area contributed by atoms with Crippen LogP contribution in [0.15, 0.2) is 58.0 Å². The first kappa shape index (κ1) is 19.5. The van der Waals surface area contributed by atoms with E-state index in [2.05, 4.69) is 41.4 Å². The van der Waals surface area contributed by atoms with Crippen LogP contribution >= 0.6 is 31.9 Å². The number of rotatable bonds is 3. The van der Waals surface area contributed by atoms with Crippen molar-refractivity contribution in [3.05, 3.63) is 58.6 Å². The Labute approximate surface area is 179 Å². The van der Waals surface area contributed by atoms with Gasteiger partial charge in [-0.15, -0.1) is 0 Å². The number of para-hydroxylation sites is 2. The molecule has 4 rings (SSSR count). The Morgan fingerprint density at radius 1 is 1.19 bits per heavy atom. The Bertz CT molecular complexity index is 911. The van der Waals surface area contributed by atoms with E-state index < -0.39 is 5.92 Å². The van der Waals surface area contributed by atoms with Gasteiger partial charge in [0, 0.05) is 22.1 Å². The molecule has 4 nitrogen and oxygen atoms in total. The molecule has 0 bridgehead atoms. The Hall–Kier alpha value is -1.31. The van der Waals surface area contributed by atoms with Gasteiger partial charge in [-0.05, 0) is 34.1 Å². The second kappa shape index (κ2) is 8.15. The topological polar surface area (TPSA) is 41.7 Å². The maximum atomic E-state index is 13.0. The minimum absolute atomic E-state index is 0. The number of carbonyl (C=O) groups is 1. The summed E-state index contributed by atoms with van der Waals surface area (Å²) in [4.78, 5) is 17.6. The van der Waals surface area contributed by atoms with Gasteiger partial charge in [-0.1, -0.05) is 40.2 Å². The quantitative estimate of drug-likeness (QED) is 0.335. The maximum absolute atomic E-state index is 13.0. The molecule has 2 heterocycles. The number of aliphatic imine (C=N–C) groups is 1. The van der Waals surface area contributed by atoms with Crippen molar-refractivity contribution in [2.24, 2.45) is 10.9 Å². The molecule has 0 spiro atoms. The Morgan fingerprint density at radius 2 is 1.92 bits per heavy atom. The zero-order valence-electron chi connectivity index (χ0n) is 13.6. The third kappa shape index (κ3) is 3.44. The first-order valence-corrected chi connectivity index (χ1v) is 9.89. The van der Waals surface area contributed by atoms with Crippen molar-refractivity contribution in [1.82, 2.24) is 0 Å². The highest BCUT2D eigenvalue weighted by Gasteiger charge is 2.47. The summed E-state index contributed by atoms with van der Waals surface area (Å²) in [6.07, 6.45) is 1.71. The minimum atomic E-state index is -0.508.